The van der Waals surface area contributed by atoms with Gasteiger partial charge in [-0.05, 0) is 44.4 Å². The first kappa shape index (κ1) is 16.1. The number of likely N-dealkylation sites (tertiary alicyclic amines) is 1. The number of nitrogens with zero attached hydrogens (tertiary/aromatic N) is 3. The van der Waals surface area contributed by atoms with Crippen LogP contribution in [0.25, 0.3) is 0 Å². The summed E-state index contributed by atoms with van der Waals surface area (Å²) in [6.45, 7) is 7.30. The molecule has 1 atom stereocenters. The van der Waals surface area contributed by atoms with Gasteiger partial charge < -0.3 is 0 Å². The number of aryl methyl sites for hydroxylation is 1. The van der Waals surface area contributed by atoms with Gasteiger partial charge in [0, 0.05) is 24.2 Å². The molecule has 23 heavy (non-hydrogen) atoms. The Balaban J connectivity index is 1.59. The van der Waals surface area contributed by atoms with E-state index in [1.807, 2.05) is 24.4 Å². The van der Waals surface area contributed by atoms with Crippen LogP contribution in [-0.4, -0.2) is 33.9 Å². The van der Waals surface area contributed by atoms with Crippen molar-refractivity contribution in [1.82, 2.24) is 14.9 Å². The van der Waals surface area contributed by atoms with Gasteiger partial charge in [-0.2, -0.15) is 0 Å². The smallest absolute Gasteiger partial charge is 0.276 e. The molecule has 1 saturated heterocycles. The first-order valence-corrected chi connectivity index (χ1v) is 8.90. The van der Waals surface area contributed by atoms with E-state index in [0.717, 1.165) is 36.9 Å². The molecule has 1 aliphatic rings. The largest absolute Gasteiger partial charge is 0.297 e. The number of carbonyl (C=O) groups is 1. The highest BCUT2D eigenvalue weighted by Crippen LogP contribution is 2.21. The van der Waals surface area contributed by atoms with Crippen LogP contribution in [0.4, 0.5) is 5.13 Å². The van der Waals surface area contributed by atoms with E-state index < -0.39 is 0 Å². The van der Waals surface area contributed by atoms with Crippen molar-refractivity contribution in [2.45, 2.75) is 33.2 Å². The van der Waals surface area contributed by atoms with Crippen LogP contribution in [0.1, 0.15) is 41.6 Å². The number of nitrogens with one attached hydrogen (secondary N) is 1. The zero-order valence-electron chi connectivity index (χ0n) is 13.6. The van der Waals surface area contributed by atoms with Gasteiger partial charge >= 0.3 is 0 Å². The van der Waals surface area contributed by atoms with E-state index in [2.05, 4.69) is 27.1 Å². The number of anilines is 1. The van der Waals surface area contributed by atoms with Crippen molar-refractivity contribution in [3.8, 4) is 0 Å². The van der Waals surface area contributed by atoms with Crippen molar-refractivity contribution in [2.24, 2.45) is 5.92 Å². The second-order valence-electron chi connectivity index (χ2n) is 6.24. The molecule has 2 aromatic heterocycles. The Labute approximate surface area is 140 Å². The zero-order chi connectivity index (χ0) is 16.2. The molecule has 1 amide bonds. The quantitative estimate of drug-likeness (QED) is 0.934. The Bertz CT molecular complexity index is 685. The zero-order valence-corrected chi connectivity index (χ0v) is 14.4. The third-order valence-electron chi connectivity index (χ3n) is 4.02. The first-order valence-electron chi connectivity index (χ1n) is 8.02. The van der Waals surface area contributed by atoms with Gasteiger partial charge in [-0.25, -0.2) is 9.97 Å². The molecule has 0 aliphatic carbocycles. The summed E-state index contributed by atoms with van der Waals surface area (Å²) >= 11 is 1.47. The summed E-state index contributed by atoms with van der Waals surface area (Å²) < 4.78 is 0. The molecular weight excluding hydrogens is 308 g/mol. The van der Waals surface area contributed by atoms with Gasteiger partial charge in [-0.3, -0.25) is 15.0 Å². The molecule has 0 aromatic carbocycles. The summed E-state index contributed by atoms with van der Waals surface area (Å²) in [5.41, 5.74) is 2.28. The van der Waals surface area contributed by atoms with Gasteiger partial charge in [-0.1, -0.05) is 13.0 Å². The molecule has 6 heteroatoms. The Morgan fingerprint density at radius 2 is 2.30 bits per heavy atom. The van der Waals surface area contributed by atoms with Gasteiger partial charge in [0.25, 0.3) is 5.91 Å². The normalized spacial score (nSPS) is 18.8. The van der Waals surface area contributed by atoms with Gasteiger partial charge in [-0.15, -0.1) is 11.3 Å². The average molecular weight is 330 g/mol. The van der Waals surface area contributed by atoms with Gasteiger partial charge in [0.2, 0.25) is 0 Å². The number of rotatable bonds is 4. The first-order chi connectivity index (χ1) is 11.1. The minimum absolute atomic E-state index is 0.207. The maximum atomic E-state index is 12.2. The number of thiazole rings is 1. The lowest BCUT2D eigenvalue weighted by Gasteiger charge is -2.30. The fourth-order valence-electron chi connectivity index (χ4n) is 2.93. The molecule has 1 unspecified atom stereocenters. The molecule has 1 aliphatic heterocycles. The standard InChI is InChI=1S/C17H22N4OS/c1-12-5-4-8-21(9-12)10-14-11-23-17(19-14)20-16(22)15-7-3-6-13(2)18-15/h3,6-7,11-12H,4-5,8-10H2,1-2H3,(H,19,20,22). The number of amides is 1. The number of hydrogen-bond acceptors (Lipinski definition) is 5. The summed E-state index contributed by atoms with van der Waals surface area (Å²) in [6, 6.07) is 5.42. The predicted octanol–water partition coefficient (Wildman–Crippen LogP) is 3.33. The number of piperidine rings is 1. The third-order valence-corrected chi connectivity index (χ3v) is 4.83. The van der Waals surface area contributed by atoms with Crippen LogP contribution in [0.15, 0.2) is 23.6 Å². The van der Waals surface area contributed by atoms with E-state index in [0.29, 0.717) is 10.8 Å². The number of aromatic nitrogens is 2. The van der Waals surface area contributed by atoms with E-state index in [1.54, 1.807) is 6.07 Å². The Hall–Kier alpha value is -1.79. The predicted molar refractivity (Wildman–Crippen MR) is 92.7 cm³/mol. The van der Waals surface area contributed by atoms with Crippen molar-refractivity contribution in [1.29, 1.82) is 0 Å². The molecule has 0 saturated carbocycles. The van der Waals surface area contributed by atoms with Crippen LogP contribution in [0.2, 0.25) is 0 Å². The van der Waals surface area contributed by atoms with E-state index in [1.165, 1.54) is 24.2 Å². The van der Waals surface area contributed by atoms with Crippen LogP contribution < -0.4 is 5.32 Å². The van der Waals surface area contributed by atoms with Gasteiger partial charge in [0.05, 0.1) is 5.69 Å². The Morgan fingerprint density at radius 3 is 3.09 bits per heavy atom. The highest BCUT2D eigenvalue weighted by molar-refractivity contribution is 7.13. The van der Waals surface area contributed by atoms with Gasteiger partial charge in [0.15, 0.2) is 5.13 Å². The van der Waals surface area contributed by atoms with Crippen LogP contribution in [-0.2, 0) is 6.54 Å². The van der Waals surface area contributed by atoms with Crippen LogP contribution in [0.3, 0.4) is 0 Å². The Morgan fingerprint density at radius 1 is 1.43 bits per heavy atom. The van der Waals surface area contributed by atoms with Crippen LogP contribution in [0.5, 0.6) is 0 Å². The summed E-state index contributed by atoms with van der Waals surface area (Å²) in [5.74, 6) is 0.551. The van der Waals surface area contributed by atoms with Crippen molar-refractivity contribution >= 4 is 22.4 Å². The lowest BCUT2D eigenvalue weighted by molar-refractivity contribution is 0.102. The lowest BCUT2D eigenvalue weighted by atomic mass is 10.0. The minimum atomic E-state index is -0.207. The van der Waals surface area contributed by atoms with E-state index >= 15 is 0 Å². The fraction of sp³-hybridized carbons (Fsp3) is 0.471. The highest BCUT2D eigenvalue weighted by Gasteiger charge is 2.17. The molecule has 0 spiro atoms. The fourth-order valence-corrected chi connectivity index (χ4v) is 3.62. The highest BCUT2D eigenvalue weighted by atomic mass is 32.1. The van der Waals surface area contributed by atoms with Crippen LogP contribution >= 0.6 is 11.3 Å². The van der Waals surface area contributed by atoms with Gasteiger partial charge in [0.1, 0.15) is 5.69 Å². The molecule has 2 aromatic rings. The summed E-state index contributed by atoms with van der Waals surface area (Å²) in [4.78, 5) is 23.4. The van der Waals surface area contributed by atoms with Crippen molar-refractivity contribution in [2.75, 3.05) is 18.4 Å². The average Bonchev–Trinajstić information content (AvgIpc) is 2.94. The van der Waals surface area contributed by atoms with E-state index in [9.17, 15) is 4.79 Å². The second kappa shape index (κ2) is 7.19. The minimum Gasteiger partial charge on any atom is -0.297 e. The monoisotopic (exact) mass is 330 g/mol. The van der Waals surface area contributed by atoms with E-state index in [4.69, 9.17) is 0 Å². The second-order valence-corrected chi connectivity index (χ2v) is 7.10. The molecule has 5 nitrogen and oxygen atoms in total. The molecule has 122 valence electrons. The molecule has 1 N–H and O–H groups in total. The number of hydrogen-bond donors (Lipinski definition) is 1. The molecule has 0 bridgehead atoms. The Kier molecular flexibility index (Phi) is 5.03. The molecule has 3 heterocycles. The third kappa shape index (κ3) is 4.36. The molecule has 3 rings (SSSR count). The molecule has 0 radical (unpaired) electrons. The summed E-state index contributed by atoms with van der Waals surface area (Å²) in [6.07, 6.45) is 2.58. The van der Waals surface area contributed by atoms with Crippen molar-refractivity contribution in [3.63, 3.8) is 0 Å². The molecular formula is C17H22N4OS. The number of pyridine rings is 1. The maximum absolute atomic E-state index is 12.2. The van der Waals surface area contributed by atoms with E-state index in [-0.39, 0.29) is 5.91 Å². The summed E-state index contributed by atoms with van der Waals surface area (Å²) in [5, 5.41) is 5.50. The van der Waals surface area contributed by atoms with Crippen molar-refractivity contribution < 1.29 is 4.79 Å². The number of carbonyl (C=O) groups excluding carboxylic acids is 1. The van der Waals surface area contributed by atoms with Crippen molar-refractivity contribution in [3.05, 3.63) is 40.7 Å². The maximum Gasteiger partial charge on any atom is 0.276 e. The molecule has 1 fully saturated rings. The lowest BCUT2D eigenvalue weighted by Crippen LogP contribution is -2.33. The SMILES string of the molecule is Cc1cccc(C(=O)Nc2nc(CN3CCCC(C)C3)cs2)n1. The van der Waals surface area contributed by atoms with Crippen LogP contribution in [0, 0.1) is 12.8 Å². The topological polar surface area (TPSA) is 58.1 Å². The summed E-state index contributed by atoms with van der Waals surface area (Å²) in [7, 11) is 0.